The van der Waals surface area contributed by atoms with Crippen molar-refractivity contribution < 1.29 is 26.4 Å². The van der Waals surface area contributed by atoms with Crippen LogP contribution < -0.4 is 10.2 Å². The van der Waals surface area contributed by atoms with Crippen LogP contribution >= 0.6 is 0 Å². The maximum atomic E-state index is 12.6. The van der Waals surface area contributed by atoms with Crippen LogP contribution in [0, 0.1) is 0 Å². The van der Waals surface area contributed by atoms with Crippen LogP contribution in [0.4, 0.5) is 19.0 Å². The first-order valence-corrected chi connectivity index (χ1v) is 11.3. The Bertz CT molecular complexity index is 991. The molecule has 10 heteroatoms. The zero-order valence-corrected chi connectivity index (χ0v) is 17.1. The monoisotopic (exact) mass is 441 g/mol. The molecular formula is C20H22F3N3O3S. The summed E-state index contributed by atoms with van der Waals surface area (Å²) in [5, 5.41) is 2.94. The molecule has 0 bridgehead atoms. The fraction of sp³-hybridized carbons (Fsp3) is 0.400. The molecule has 162 valence electrons. The summed E-state index contributed by atoms with van der Waals surface area (Å²) in [4.78, 5) is 18.2. The SMILES string of the molecule is CS(=O)(=O)c1ccc(CCC(=O)N[C@@H]2CCN(c3ccc(C(F)(F)F)cn3)C2)cc1. The Morgan fingerprint density at radius 1 is 1.20 bits per heavy atom. The lowest BCUT2D eigenvalue weighted by Gasteiger charge is -2.18. The summed E-state index contributed by atoms with van der Waals surface area (Å²) in [6, 6.07) is 8.67. The van der Waals surface area contributed by atoms with E-state index in [0.29, 0.717) is 31.7 Å². The number of benzene rings is 1. The maximum absolute atomic E-state index is 12.6. The minimum Gasteiger partial charge on any atom is -0.354 e. The number of hydrogen-bond donors (Lipinski definition) is 1. The molecule has 1 aliphatic heterocycles. The molecule has 1 aliphatic rings. The van der Waals surface area contributed by atoms with Crippen LogP contribution in [0.1, 0.15) is 24.0 Å². The van der Waals surface area contributed by atoms with Crippen molar-refractivity contribution in [2.45, 2.75) is 36.4 Å². The number of aromatic nitrogens is 1. The predicted molar refractivity (Wildman–Crippen MR) is 106 cm³/mol. The first-order chi connectivity index (χ1) is 14.0. The van der Waals surface area contributed by atoms with E-state index in [1.54, 1.807) is 12.1 Å². The van der Waals surface area contributed by atoms with Gasteiger partial charge in [0.15, 0.2) is 9.84 Å². The standard InChI is InChI=1S/C20H22F3N3O3S/c1-30(28,29)17-6-2-14(3-7-17)4-9-19(27)25-16-10-11-26(13-16)18-8-5-15(12-24-18)20(21,22)23/h2-3,5-8,12,16H,4,9-11,13H2,1H3,(H,25,27)/t16-/m1/s1. The lowest BCUT2D eigenvalue weighted by Crippen LogP contribution is -2.37. The van der Waals surface area contributed by atoms with Gasteiger partial charge in [-0.3, -0.25) is 4.79 Å². The van der Waals surface area contributed by atoms with Crippen molar-refractivity contribution in [1.82, 2.24) is 10.3 Å². The van der Waals surface area contributed by atoms with Gasteiger partial charge in [-0.2, -0.15) is 13.2 Å². The largest absolute Gasteiger partial charge is 0.417 e. The highest BCUT2D eigenvalue weighted by Crippen LogP contribution is 2.29. The normalized spacial score (nSPS) is 17.2. The van der Waals surface area contributed by atoms with E-state index in [4.69, 9.17) is 0 Å². The minimum atomic E-state index is -4.42. The van der Waals surface area contributed by atoms with E-state index in [-0.39, 0.29) is 23.3 Å². The van der Waals surface area contributed by atoms with E-state index in [1.165, 1.54) is 18.2 Å². The van der Waals surface area contributed by atoms with Gasteiger partial charge in [0.2, 0.25) is 5.91 Å². The number of rotatable bonds is 6. The highest BCUT2D eigenvalue weighted by molar-refractivity contribution is 7.90. The number of amides is 1. The highest BCUT2D eigenvalue weighted by atomic mass is 32.2. The summed E-state index contributed by atoms with van der Waals surface area (Å²) in [5.41, 5.74) is 0.0689. The Balaban J connectivity index is 1.47. The number of aryl methyl sites for hydroxylation is 1. The zero-order valence-electron chi connectivity index (χ0n) is 16.3. The van der Waals surface area contributed by atoms with Gasteiger partial charge in [0.05, 0.1) is 10.5 Å². The molecule has 0 aliphatic carbocycles. The molecule has 1 amide bonds. The van der Waals surface area contributed by atoms with Gasteiger partial charge in [-0.25, -0.2) is 13.4 Å². The molecule has 0 unspecified atom stereocenters. The summed E-state index contributed by atoms with van der Waals surface area (Å²) >= 11 is 0. The molecule has 0 saturated carbocycles. The second-order valence-corrected chi connectivity index (χ2v) is 9.33. The number of nitrogens with zero attached hydrogens (tertiary/aromatic N) is 2. The fourth-order valence-electron chi connectivity index (χ4n) is 3.29. The molecule has 30 heavy (non-hydrogen) atoms. The van der Waals surface area contributed by atoms with Crippen molar-refractivity contribution >= 4 is 21.6 Å². The molecule has 1 aromatic carbocycles. The second-order valence-electron chi connectivity index (χ2n) is 7.32. The van der Waals surface area contributed by atoms with Gasteiger partial charge >= 0.3 is 6.18 Å². The van der Waals surface area contributed by atoms with Crippen LogP contribution in [0.3, 0.4) is 0 Å². The molecule has 1 aromatic heterocycles. The smallest absolute Gasteiger partial charge is 0.354 e. The Kier molecular flexibility index (Phi) is 6.35. The van der Waals surface area contributed by atoms with Crippen LogP contribution in [0.2, 0.25) is 0 Å². The molecule has 2 aromatic rings. The van der Waals surface area contributed by atoms with Crippen molar-refractivity contribution in [3.63, 3.8) is 0 Å². The molecule has 1 atom stereocenters. The molecule has 1 N–H and O–H groups in total. The summed E-state index contributed by atoms with van der Waals surface area (Å²) in [6.07, 6.45) is -1.05. The van der Waals surface area contributed by atoms with E-state index < -0.39 is 21.6 Å². The molecule has 0 spiro atoms. The number of nitrogens with one attached hydrogen (secondary N) is 1. The lowest BCUT2D eigenvalue weighted by molar-refractivity contribution is -0.137. The number of pyridine rings is 1. The van der Waals surface area contributed by atoms with Crippen LogP contribution in [0.25, 0.3) is 0 Å². The van der Waals surface area contributed by atoms with E-state index in [9.17, 15) is 26.4 Å². The molecule has 0 radical (unpaired) electrons. The number of anilines is 1. The Morgan fingerprint density at radius 3 is 2.47 bits per heavy atom. The van der Waals surface area contributed by atoms with Crippen LogP contribution in [0.15, 0.2) is 47.5 Å². The van der Waals surface area contributed by atoms with Gasteiger partial charge < -0.3 is 10.2 Å². The average molecular weight is 441 g/mol. The van der Waals surface area contributed by atoms with Crippen LogP contribution in [-0.2, 0) is 27.2 Å². The lowest BCUT2D eigenvalue weighted by atomic mass is 10.1. The molecule has 1 fully saturated rings. The van der Waals surface area contributed by atoms with Crippen molar-refractivity contribution in [1.29, 1.82) is 0 Å². The van der Waals surface area contributed by atoms with Gasteiger partial charge in [-0.15, -0.1) is 0 Å². The summed E-state index contributed by atoms with van der Waals surface area (Å²) in [5.74, 6) is 0.320. The highest BCUT2D eigenvalue weighted by Gasteiger charge is 2.31. The van der Waals surface area contributed by atoms with Crippen molar-refractivity contribution in [2.24, 2.45) is 0 Å². The summed E-state index contributed by atoms with van der Waals surface area (Å²) in [7, 11) is -3.25. The molecule has 2 heterocycles. The van der Waals surface area contributed by atoms with Crippen LogP contribution in [0.5, 0.6) is 0 Å². The van der Waals surface area contributed by atoms with E-state index in [1.807, 2.05) is 4.90 Å². The van der Waals surface area contributed by atoms with Gasteiger partial charge in [-0.1, -0.05) is 12.1 Å². The Hall–Kier alpha value is -2.62. The van der Waals surface area contributed by atoms with E-state index in [2.05, 4.69) is 10.3 Å². The van der Waals surface area contributed by atoms with E-state index in [0.717, 1.165) is 24.1 Å². The molecule has 3 rings (SSSR count). The topological polar surface area (TPSA) is 79.4 Å². The van der Waals surface area contributed by atoms with Crippen molar-refractivity contribution in [2.75, 3.05) is 24.2 Å². The summed E-state index contributed by atoms with van der Waals surface area (Å²) < 4.78 is 60.9. The van der Waals surface area contributed by atoms with Crippen molar-refractivity contribution in [3.05, 3.63) is 53.7 Å². The predicted octanol–water partition coefficient (Wildman–Crippen LogP) is 2.83. The Labute approximate surface area is 173 Å². The number of sulfone groups is 1. The third-order valence-corrected chi connectivity index (χ3v) is 6.07. The number of carbonyl (C=O) groups is 1. The van der Waals surface area contributed by atoms with Crippen molar-refractivity contribution in [3.8, 4) is 0 Å². The van der Waals surface area contributed by atoms with Gasteiger partial charge in [0.1, 0.15) is 5.82 Å². The van der Waals surface area contributed by atoms with Gasteiger partial charge in [0, 0.05) is 38.0 Å². The third kappa shape index (κ3) is 5.71. The van der Waals surface area contributed by atoms with Crippen LogP contribution in [-0.4, -0.2) is 44.7 Å². The maximum Gasteiger partial charge on any atom is 0.417 e. The third-order valence-electron chi connectivity index (χ3n) is 4.94. The minimum absolute atomic E-state index is 0.103. The average Bonchev–Trinajstić information content (AvgIpc) is 3.14. The molecule has 1 saturated heterocycles. The zero-order chi connectivity index (χ0) is 21.9. The Morgan fingerprint density at radius 2 is 1.90 bits per heavy atom. The second kappa shape index (κ2) is 8.63. The molecule has 6 nitrogen and oxygen atoms in total. The molecular weight excluding hydrogens is 419 g/mol. The summed E-state index contributed by atoms with van der Waals surface area (Å²) in [6.45, 7) is 1.07. The first-order valence-electron chi connectivity index (χ1n) is 9.39. The number of alkyl halides is 3. The van der Waals surface area contributed by atoms with Gasteiger partial charge in [-0.05, 0) is 42.7 Å². The number of carbonyl (C=O) groups excluding carboxylic acids is 1. The van der Waals surface area contributed by atoms with E-state index >= 15 is 0 Å². The quantitative estimate of drug-likeness (QED) is 0.746. The van der Waals surface area contributed by atoms with Gasteiger partial charge in [0.25, 0.3) is 0 Å². The number of halogens is 3. The first kappa shape index (κ1) is 22.1. The number of hydrogen-bond acceptors (Lipinski definition) is 5. The fourth-order valence-corrected chi connectivity index (χ4v) is 3.92.